The van der Waals surface area contributed by atoms with E-state index in [1.165, 1.54) is 16.5 Å². The lowest BCUT2D eigenvalue weighted by Gasteiger charge is -2.18. The van der Waals surface area contributed by atoms with Gasteiger partial charge < -0.3 is 14.5 Å². The smallest absolute Gasteiger partial charge is 0.223 e. The topological polar surface area (TPSA) is 51.5 Å². The molecule has 1 aromatic carbocycles. The van der Waals surface area contributed by atoms with Gasteiger partial charge in [0.15, 0.2) is 0 Å². The number of hydrogen-bond donors (Lipinski definition) is 1. The summed E-state index contributed by atoms with van der Waals surface area (Å²) in [6, 6.07) is 4.00. The summed E-state index contributed by atoms with van der Waals surface area (Å²) < 4.78 is 11.5. The van der Waals surface area contributed by atoms with Gasteiger partial charge in [-0.15, -0.1) is 0 Å². The summed E-state index contributed by atoms with van der Waals surface area (Å²) in [5, 5.41) is 3.96. The fourth-order valence-electron chi connectivity index (χ4n) is 3.48. The lowest BCUT2D eigenvalue weighted by atomic mass is 9.97. The van der Waals surface area contributed by atoms with Gasteiger partial charge in [-0.1, -0.05) is 0 Å². The van der Waals surface area contributed by atoms with E-state index in [9.17, 15) is 4.79 Å². The van der Waals surface area contributed by atoms with Gasteiger partial charge in [0.1, 0.15) is 11.3 Å². The second kappa shape index (κ2) is 4.79. The van der Waals surface area contributed by atoms with Gasteiger partial charge in [-0.3, -0.25) is 4.79 Å². The van der Waals surface area contributed by atoms with E-state index in [2.05, 4.69) is 5.32 Å². The fourth-order valence-corrected chi connectivity index (χ4v) is 3.48. The van der Waals surface area contributed by atoms with E-state index in [1.807, 2.05) is 18.4 Å². The predicted molar refractivity (Wildman–Crippen MR) is 79.4 cm³/mol. The van der Waals surface area contributed by atoms with E-state index in [1.54, 1.807) is 7.05 Å². The summed E-state index contributed by atoms with van der Waals surface area (Å²) in [5.41, 5.74) is 3.44. The van der Waals surface area contributed by atoms with Crippen molar-refractivity contribution in [2.75, 3.05) is 13.7 Å². The molecule has 4 rings (SSSR count). The molecule has 0 bridgehead atoms. The number of carbonyl (C=O) groups excluding carboxylic acids is 1. The largest absolute Gasteiger partial charge is 0.493 e. The summed E-state index contributed by atoms with van der Waals surface area (Å²) in [5.74, 6) is 1.79. The van der Waals surface area contributed by atoms with Gasteiger partial charge in [0, 0.05) is 23.9 Å². The molecule has 1 aromatic heterocycles. The van der Waals surface area contributed by atoms with Crippen LogP contribution in [-0.4, -0.2) is 19.6 Å². The fraction of sp³-hybridized carbons (Fsp3) is 0.471. The van der Waals surface area contributed by atoms with Gasteiger partial charge in [-0.25, -0.2) is 0 Å². The maximum absolute atomic E-state index is 11.7. The molecule has 2 heterocycles. The third kappa shape index (κ3) is 2.09. The minimum Gasteiger partial charge on any atom is -0.493 e. The van der Waals surface area contributed by atoms with E-state index in [4.69, 9.17) is 9.15 Å². The van der Waals surface area contributed by atoms with Gasteiger partial charge in [0.2, 0.25) is 5.91 Å². The number of furan rings is 1. The molecule has 110 valence electrons. The van der Waals surface area contributed by atoms with Crippen molar-refractivity contribution >= 4 is 16.9 Å². The standard InChI is InChI=1S/C17H19NO3/c1-18-17(19)13-8-10(13)7-11-9-21-15-5-4-14-12(16(11)15)3-2-6-20-14/h4-5,9-10,13H,2-3,6-8H2,1H3,(H,18,19). The highest BCUT2D eigenvalue weighted by Crippen LogP contribution is 2.44. The van der Waals surface area contributed by atoms with Crippen molar-refractivity contribution in [3.8, 4) is 5.75 Å². The van der Waals surface area contributed by atoms with Crippen LogP contribution in [0.2, 0.25) is 0 Å². The zero-order chi connectivity index (χ0) is 14.4. The third-order valence-corrected chi connectivity index (χ3v) is 4.70. The van der Waals surface area contributed by atoms with Crippen LogP contribution in [0.4, 0.5) is 0 Å². The van der Waals surface area contributed by atoms with Gasteiger partial charge >= 0.3 is 0 Å². The minimum absolute atomic E-state index is 0.165. The van der Waals surface area contributed by atoms with Crippen molar-refractivity contribution in [3.63, 3.8) is 0 Å². The average Bonchev–Trinajstić information content (AvgIpc) is 3.17. The molecule has 0 radical (unpaired) electrons. The number of benzene rings is 1. The van der Waals surface area contributed by atoms with Gasteiger partial charge in [-0.05, 0) is 49.3 Å². The molecule has 1 N–H and O–H groups in total. The Labute approximate surface area is 123 Å². The average molecular weight is 285 g/mol. The Kier molecular flexibility index (Phi) is 2.91. The van der Waals surface area contributed by atoms with E-state index >= 15 is 0 Å². The summed E-state index contributed by atoms with van der Waals surface area (Å²) in [6.07, 6.45) is 5.86. The maximum atomic E-state index is 11.7. The molecule has 21 heavy (non-hydrogen) atoms. The lowest BCUT2D eigenvalue weighted by molar-refractivity contribution is -0.122. The molecular weight excluding hydrogens is 266 g/mol. The molecule has 0 spiro atoms. The first-order valence-electron chi connectivity index (χ1n) is 7.64. The first-order valence-corrected chi connectivity index (χ1v) is 7.64. The highest BCUT2D eigenvalue weighted by Gasteiger charge is 2.42. The Morgan fingerprint density at radius 3 is 3.19 bits per heavy atom. The Balaban J connectivity index is 1.65. The maximum Gasteiger partial charge on any atom is 0.223 e. The SMILES string of the molecule is CNC(=O)C1CC1Cc1coc2ccc3c(c12)CCCO3. The van der Waals surface area contributed by atoms with Crippen LogP contribution in [0.1, 0.15) is 24.0 Å². The second-order valence-electron chi connectivity index (χ2n) is 6.05. The molecule has 2 aromatic rings. The van der Waals surface area contributed by atoms with Crippen LogP contribution in [0, 0.1) is 11.8 Å². The van der Waals surface area contributed by atoms with Crippen LogP contribution < -0.4 is 10.1 Å². The number of rotatable bonds is 3. The molecule has 2 unspecified atom stereocenters. The van der Waals surface area contributed by atoms with Crippen LogP contribution >= 0.6 is 0 Å². The number of amides is 1. The number of ether oxygens (including phenoxy) is 1. The highest BCUT2D eigenvalue weighted by molar-refractivity contribution is 5.87. The van der Waals surface area contributed by atoms with E-state index in [0.717, 1.165) is 43.6 Å². The van der Waals surface area contributed by atoms with Crippen LogP contribution in [0.15, 0.2) is 22.8 Å². The zero-order valence-electron chi connectivity index (χ0n) is 12.1. The lowest BCUT2D eigenvalue weighted by Crippen LogP contribution is -2.20. The highest BCUT2D eigenvalue weighted by atomic mass is 16.5. The quantitative estimate of drug-likeness (QED) is 0.943. The van der Waals surface area contributed by atoms with Crippen molar-refractivity contribution in [1.82, 2.24) is 5.32 Å². The molecule has 1 aliphatic carbocycles. The van der Waals surface area contributed by atoms with Crippen molar-refractivity contribution in [3.05, 3.63) is 29.5 Å². The summed E-state index contributed by atoms with van der Waals surface area (Å²) in [4.78, 5) is 11.7. The zero-order valence-corrected chi connectivity index (χ0v) is 12.1. The molecule has 1 amide bonds. The van der Waals surface area contributed by atoms with Crippen molar-refractivity contribution in [1.29, 1.82) is 0 Å². The Morgan fingerprint density at radius 1 is 1.43 bits per heavy atom. The minimum atomic E-state index is 0.165. The normalized spacial score (nSPS) is 23.5. The molecule has 4 heteroatoms. The molecule has 0 saturated heterocycles. The van der Waals surface area contributed by atoms with E-state index in [0.29, 0.717) is 5.92 Å². The summed E-state index contributed by atoms with van der Waals surface area (Å²) in [7, 11) is 1.71. The summed E-state index contributed by atoms with van der Waals surface area (Å²) >= 11 is 0. The van der Waals surface area contributed by atoms with Crippen LogP contribution in [0.5, 0.6) is 5.75 Å². The Morgan fingerprint density at radius 2 is 2.33 bits per heavy atom. The van der Waals surface area contributed by atoms with Crippen molar-refractivity contribution in [2.24, 2.45) is 11.8 Å². The van der Waals surface area contributed by atoms with Gasteiger partial charge in [0.25, 0.3) is 0 Å². The molecule has 2 aliphatic rings. The van der Waals surface area contributed by atoms with E-state index in [-0.39, 0.29) is 11.8 Å². The molecule has 1 fully saturated rings. The number of nitrogens with one attached hydrogen (secondary N) is 1. The van der Waals surface area contributed by atoms with Crippen LogP contribution in [0.3, 0.4) is 0 Å². The second-order valence-corrected chi connectivity index (χ2v) is 6.05. The van der Waals surface area contributed by atoms with Crippen molar-refractivity contribution in [2.45, 2.75) is 25.7 Å². The third-order valence-electron chi connectivity index (χ3n) is 4.70. The van der Waals surface area contributed by atoms with Crippen molar-refractivity contribution < 1.29 is 13.9 Å². The Bertz CT molecular complexity index is 703. The first kappa shape index (κ1) is 12.7. The molecule has 4 nitrogen and oxygen atoms in total. The molecule has 2 atom stereocenters. The van der Waals surface area contributed by atoms with Crippen LogP contribution in [-0.2, 0) is 17.6 Å². The number of fused-ring (bicyclic) bond motifs is 3. The first-order chi connectivity index (χ1) is 10.3. The number of hydrogen-bond acceptors (Lipinski definition) is 3. The van der Waals surface area contributed by atoms with E-state index < -0.39 is 0 Å². The van der Waals surface area contributed by atoms with Gasteiger partial charge in [0.05, 0.1) is 12.9 Å². The summed E-state index contributed by atoms with van der Waals surface area (Å²) in [6.45, 7) is 0.799. The number of aryl methyl sites for hydroxylation is 1. The monoisotopic (exact) mass is 285 g/mol. The molecular formula is C17H19NO3. The van der Waals surface area contributed by atoms with Gasteiger partial charge in [-0.2, -0.15) is 0 Å². The molecule has 1 saturated carbocycles. The number of carbonyl (C=O) groups is 1. The molecule has 1 aliphatic heterocycles. The predicted octanol–water partition coefficient (Wildman–Crippen LogP) is 2.68. The van der Waals surface area contributed by atoms with Crippen LogP contribution in [0.25, 0.3) is 11.0 Å². The Hall–Kier alpha value is -1.97.